The number of thioether (sulfide) groups is 1. The van der Waals surface area contributed by atoms with Crippen molar-refractivity contribution in [1.82, 2.24) is 0 Å². The minimum atomic E-state index is -0.454. The summed E-state index contributed by atoms with van der Waals surface area (Å²) in [4.78, 5) is 10.2. The highest BCUT2D eigenvalue weighted by Crippen LogP contribution is 2.71. The lowest BCUT2D eigenvalue weighted by Gasteiger charge is -2.56. The zero-order valence-corrected chi connectivity index (χ0v) is 41.2. The summed E-state index contributed by atoms with van der Waals surface area (Å²) in [6.07, 6.45) is 35.8. The number of benzene rings is 2. The summed E-state index contributed by atoms with van der Waals surface area (Å²) < 4.78 is 7.41. The number of hydrogen-bond donors (Lipinski definition) is 2. The third-order valence-electron chi connectivity index (χ3n) is 18.2. The van der Waals surface area contributed by atoms with Gasteiger partial charge in [-0.1, -0.05) is 150 Å². The first kappa shape index (κ1) is 42.2. The SMILES string of the molecule is CC1C=Cc2sc3c(c2C1)C(C)C(C1(C)CC=CC2c4cccc(C5C=CC6=C(OC7(C)C=CC=C(C8[NH2+]C(C9(C)C=CC=CC9)=NC(c9ccccc9)[NH2+]8)C67)C5C)c4SC21C)CC3C. The fourth-order valence-electron chi connectivity index (χ4n) is 14.4. The molecule has 4 heterocycles. The van der Waals surface area contributed by atoms with Crippen molar-refractivity contribution in [1.29, 1.82) is 0 Å². The molecule has 0 saturated carbocycles. The van der Waals surface area contributed by atoms with Crippen LogP contribution in [-0.4, -0.2) is 22.3 Å². The van der Waals surface area contributed by atoms with E-state index in [0.717, 1.165) is 12.8 Å². The monoisotopic (exact) mass is 897 g/mol. The Hall–Kier alpha value is -4.20. The Morgan fingerprint density at radius 3 is 2.46 bits per heavy atom. The Labute approximate surface area is 396 Å². The molecular weight excluding hydrogens is 831 g/mol. The molecule has 2 aromatic carbocycles. The van der Waals surface area contributed by atoms with Crippen LogP contribution in [0.3, 0.4) is 0 Å². The molecule has 0 bridgehead atoms. The maximum Gasteiger partial charge on any atom is 0.241 e. The average molecular weight is 898 g/mol. The van der Waals surface area contributed by atoms with Crippen molar-refractivity contribution >= 4 is 35.0 Å². The van der Waals surface area contributed by atoms with E-state index in [9.17, 15) is 0 Å². The minimum absolute atomic E-state index is 0.0133. The molecule has 334 valence electrons. The number of hydrogen-bond acceptors (Lipinski definition) is 4. The number of rotatable bonds is 5. The van der Waals surface area contributed by atoms with Gasteiger partial charge in [-0.05, 0) is 110 Å². The van der Waals surface area contributed by atoms with E-state index in [2.05, 4.69) is 217 Å². The van der Waals surface area contributed by atoms with Crippen molar-refractivity contribution < 1.29 is 15.4 Å². The van der Waals surface area contributed by atoms with Gasteiger partial charge in [-0.3, -0.25) is 5.32 Å². The van der Waals surface area contributed by atoms with Gasteiger partial charge in [0.05, 0.1) is 16.9 Å². The lowest BCUT2D eigenvalue weighted by atomic mass is 9.52. The predicted octanol–water partition coefficient (Wildman–Crippen LogP) is 12.3. The number of nitrogens with two attached hydrogens (primary N) is 2. The Morgan fingerprint density at radius 1 is 0.815 bits per heavy atom. The van der Waals surface area contributed by atoms with E-state index in [0.29, 0.717) is 29.6 Å². The van der Waals surface area contributed by atoms with Gasteiger partial charge in [0.2, 0.25) is 18.2 Å². The van der Waals surface area contributed by atoms with Crippen molar-refractivity contribution in [2.24, 2.45) is 39.5 Å². The van der Waals surface area contributed by atoms with Gasteiger partial charge in [-0.2, -0.15) is 4.99 Å². The van der Waals surface area contributed by atoms with E-state index < -0.39 is 5.60 Å². The predicted molar refractivity (Wildman–Crippen MR) is 270 cm³/mol. The molecule has 0 fully saturated rings. The van der Waals surface area contributed by atoms with E-state index in [4.69, 9.17) is 9.73 Å². The Bertz CT molecular complexity index is 2760. The van der Waals surface area contributed by atoms with E-state index in [1.54, 1.807) is 20.9 Å². The average Bonchev–Trinajstić information content (AvgIpc) is 3.96. The number of quaternary nitrogens is 2. The van der Waals surface area contributed by atoms with Crippen molar-refractivity contribution in [3.8, 4) is 0 Å². The lowest BCUT2D eigenvalue weighted by Crippen LogP contribution is -3.17. The van der Waals surface area contributed by atoms with Crippen molar-refractivity contribution in [2.45, 2.75) is 132 Å². The molecule has 0 radical (unpaired) electrons. The molecule has 1 aromatic heterocycles. The van der Waals surface area contributed by atoms with Crippen LogP contribution in [0.2, 0.25) is 0 Å². The zero-order chi connectivity index (χ0) is 44.6. The molecule has 6 aliphatic carbocycles. The van der Waals surface area contributed by atoms with Gasteiger partial charge >= 0.3 is 0 Å². The number of amidine groups is 1. The Kier molecular flexibility index (Phi) is 9.83. The highest BCUT2D eigenvalue weighted by atomic mass is 32.2. The molecule has 4 nitrogen and oxygen atoms in total. The van der Waals surface area contributed by atoms with E-state index >= 15 is 0 Å². The van der Waals surface area contributed by atoms with Crippen LogP contribution in [-0.2, 0) is 11.2 Å². The largest absolute Gasteiger partial charge is 0.486 e. The third kappa shape index (κ3) is 6.25. The number of ether oxygens (including phenoxy) is 1. The Balaban J connectivity index is 0.855. The summed E-state index contributed by atoms with van der Waals surface area (Å²) >= 11 is 4.34. The van der Waals surface area contributed by atoms with Crippen molar-refractivity contribution in [3.63, 3.8) is 0 Å². The summed E-state index contributed by atoms with van der Waals surface area (Å²) in [5.41, 5.74) is 9.97. The normalized spacial score (nSPS) is 40.6. The summed E-state index contributed by atoms with van der Waals surface area (Å²) in [6, 6.07) is 18.2. The number of allylic oxidation sites excluding steroid dienone is 11. The Morgan fingerprint density at radius 2 is 1.65 bits per heavy atom. The lowest BCUT2D eigenvalue weighted by molar-refractivity contribution is -0.883. The molecule has 0 saturated heterocycles. The van der Waals surface area contributed by atoms with Crippen LogP contribution in [0.1, 0.15) is 142 Å². The molecule has 4 N–H and O–H groups in total. The summed E-state index contributed by atoms with van der Waals surface area (Å²) in [7, 11) is 0. The molecule has 3 aromatic rings. The summed E-state index contributed by atoms with van der Waals surface area (Å²) in [6.45, 7) is 20.0. The highest BCUT2D eigenvalue weighted by Gasteiger charge is 2.61. The van der Waals surface area contributed by atoms with E-state index in [-0.39, 0.29) is 45.7 Å². The number of nitrogens with zero attached hydrogens (tertiary/aromatic N) is 1. The van der Waals surface area contributed by atoms with Crippen LogP contribution in [0.5, 0.6) is 0 Å². The van der Waals surface area contributed by atoms with E-state index in [1.165, 1.54) is 57.2 Å². The summed E-state index contributed by atoms with van der Waals surface area (Å²) in [5, 5.41) is 4.96. The van der Waals surface area contributed by atoms with Gasteiger partial charge in [0.15, 0.2) is 0 Å². The molecule has 6 heteroatoms. The molecule has 14 unspecified atom stereocenters. The van der Waals surface area contributed by atoms with Gasteiger partial charge in [0, 0.05) is 48.3 Å². The van der Waals surface area contributed by atoms with Gasteiger partial charge in [-0.15, -0.1) is 23.1 Å². The quantitative estimate of drug-likeness (QED) is 0.251. The number of aliphatic imine (C=N–C) groups is 1. The second-order valence-electron chi connectivity index (χ2n) is 22.2. The van der Waals surface area contributed by atoms with Crippen LogP contribution in [0, 0.1) is 34.5 Å². The van der Waals surface area contributed by atoms with Gasteiger partial charge in [0.1, 0.15) is 11.4 Å². The first-order valence-electron chi connectivity index (χ1n) is 24.8. The maximum absolute atomic E-state index is 7.35. The third-order valence-corrected chi connectivity index (χ3v) is 21.4. The second-order valence-corrected chi connectivity index (χ2v) is 24.7. The van der Waals surface area contributed by atoms with Crippen LogP contribution in [0.15, 0.2) is 148 Å². The van der Waals surface area contributed by atoms with Crippen LogP contribution in [0.4, 0.5) is 0 Å². The van der Waals surface area contributed by atoms with Crippen LogP contribution >= 0.6 is 23.1 Å². The van der Waals surface area contributed by atoms with E-state index in [1.807, 2.05) is 0 Å². The smallest absolute Gasteiger partial charge is 0.241 e. The maximum atomic E-state index is 7.35. The minimum Gasteiger partial charge on any atom is -0.486 e. The molecule has 0 amide bonds. The van der Waals surface area contributed by atoms with Gasteiger partial charge < -0.3 is 4.74 Å². The standard InChI is InChI=1S/C59H65N3OS2/c1-34-24-27-47-44(32-34)48-37(4)46(33-35(2)51(48)64-47)57(6)30-17-23-45-41-21-15-20-40(52(41)65-59(45,57)8)39-25-26-42-49-43(22-16-31-58(49,7)63-50(42)36(39)3)54-60-53(38-18-11-9-12-19-38)61-55(62-54)56(5)28-13-10-14-29-56/h9-28,31,34-37,39,45-46,49,53-54,60H,29-30,32-33H2,1-8H3,(H,61,62)/p+2. The molecule has 14 atom stereocenters. The molecule has 12 rings (SSSR count). The van der Waals surface area contributed by atoms with Crippen molar-refractivity contribution in [3.05, 3.63) is 176 Å². The molecule has 3 aliphatic heterocycles. The fraction of sp³-hybridized carbons (Fsp3) is 0.441. The second kappa shape index (κ2) is 15.2. The van der Waals surface area contributed by atoms with Crippen LogP contribution < -0.4 is 10.6 Å². The summed E-state index contributed by atoms with van der Waals surface area (Å²) in [5.74, 6) is 5.71. The first-order chi connectivity index (χ1) is 31.3. The number of fused-ring (bicyclic) bond motifs is 8. The highest BCUT2D eigenvalue weighted by molar-refractivity contribution is 8.01. The molecule has 9 aliphatic rings. The topological polar surface area (TPSA) is 54.8 Å². The van der Waals surface area contributed by atoms with Crippen molar-refractivity contribution in [2.75, 3.05) is 0 Å². The molecule has 0 spiro atoms. The first-order valence-corrected chi connectivity index (χ1v) is 26.4. The zero-order valence-electron chi connectivity index (χ0n) is 39.6. The van der Waals surface area contributed by atoms with Gasteiger partial charge in [-0.25, -0.2) is 5.32 Å². The molecular formula is C59H67N3OS2+2. The van der Waals surface area contributed by atoms with Crippen LogP contribution in [0.25, 0.3) is 6.08 Å². The van der Waals surface area contributed by atoms with Gasteiger partial charge in [0.25, 0.3) is 0 Å². The number of thiophene rings is 1. The fourth-order valence-corrected chi connectivity index (χ4v) is 17.6. The molecule has 65 heavy (non-hydrogen) atoms.